The maximum atomic E-state index is 12.6. The lowest BCUT2D eigenvalue weighted by Crippen LogP contribution is -2.07. The van der Waals surface area contributed by atoms with Crippen molar-refractivity contribution in [2.75, 3.05) is 20.3 Å². The summed E-state index contributed by atoms with van der Waals surface area (Å²) in [7, 11) is -2.35. The largest absolute Gasteiger partial charge is 0.529 e. The van der Waals surface area contributed by atoms with Gasteiger partial charge in [0.15, 0.2) is 0 Å². The van der Waals surface area contributed by atoms with Crippen LogP contribution in [0.3, 0.4) is 0 Å². The minimum absolute atomic E-state index is 0.109. The van der Waals surface area contributed by atoms with Crippen molar-refractivity contribution in [1.82, 2.24) is 0 Å². The lowest BCUT2D eigenvalue weighted by atomic mass is 10.0. The van der Waals surface area contributed by atoms with Gasteiger partial charge in [0.25, 0.3) is 0 Å². The molecule has 0 fully saturated rings. The van der Waals surface area contributed by atoms with E-state index < -0.39 is 13.8 Å². The van der Waals surface area contributed by atoms with Gasteiger partial charge in [-0.3, -0.25) is 9.05 Å². The van der Waals surface area contributed by atoms with Gasteiger partial charge in [0.2, 0.25) is 0 Å². The van der Waals surface area contributed by atoms with Crippen LogP contribution >= 0.6 is 7.82 Å². The number of allylic oxidation sites excluding steroid dienone is 1. The van der Waals surface area contributed by atoms with E-state index in [4.69, 9.17) is 18.3 Å². The Morgan fingerprint density at radius 1 is 0.900 bits per heavy atom. The van der Waals surface area contributed by atoms with Crippen LogP contribution in [0.25, 0.3) is 0 Å². The van der Waals surface area contributed by atoms with Gasteiger partial charge in [0.1, 0.15) is 5.76 Å². The molecule has 0 aromatic heterocycles. The van der Waals surface area contributed by atoms with Crippen LogP contribution < -0.4 is 0 Å². The van der Waals surface area contributed by atoms with Gasteiger partial charge in [-0.15, -0.1) is 0 Å². The van der Waals surface area contributed by atoms with Crippen LogP contribution in [0.1, 0.15) is 110 Å². The zero-order valence-electron chi connectivity index (χ0n) is 19.4. The van der Waals surface area contributed by atoms with E-state index in [9.17, 15) is 9.36 Å². The first kappa shape index (κ1) is 27.2. The Balaban J connectivity index is 2.02. The highest BCUT2D eigenvalue weighted by Gasteiger charge is 2.33. The number of carbonyl (C=O) groups is 1. The van der Waals surface area contributed by atoms with E-state index in [0.29, 0.717) is 18.6 Å². The summed E-state index contributed by atoms with van der Waals surface area (Å²) in [6.07, 6.45) is 18.2. The first-order valence-corrected chi connectivity index (χ1v) is 13.3. The number of phosphoric acid groups is 1. The van der Waals surface area contributed by atoms with Gasteiger partial charge in [-0.2, -0.15) is 0 Å². The van der Waals surface area contributed by atoms with Crippen LogP contribution in [-0.4, -0.2) is 26.3 Å². The molecule has 1 heterocycles. The fourth-order valence-corrected chi connectivity index (χ4v) is 4.88. The molecule has 0 saturated heterocycles. The standard InChI is InChI=1S/C23H43O6P/c1-4-5-6-7-8-9-10-11-12-13-14-15-16-17-19-27-30(25)28-20-18-22(21(2)29-30)23(24)26-3/h4-20H2,1-3H3. The van der Waals surface area contributed by atoms with E-state index in [-0.39, 0.29) is 12.4 Å². The van der Waals surface area contributed by atoms with E-state index in [2.05, 4.69) is 6.92 Å². The fraction of sp³-hybridized carbons (Fsp3) is 0.870. The van der Waals surface area contributed by atoms with Crippen LogP contribution in [0.5, 0.6) is 0 Å². The average Bonchev–Trinajstić information content (AvgIpc) is 2.88. The second-order valence-corrected chi connectivity index (χ2v) is 9.67. The highest BCUT2D eigenvalue weighted by atomic mass is 31.2. The Hall–Kier alpha value is -0.840. The summed E-state index contributed by atoms with van der Waals surface area (Å²) in [6.45, 7) is 4.29. The molecular formula is C23H43O6P. The van der Waals surface area contributed by atoms with Crippen molar-refractivity contribution in [2.45, 2.75) is 110 Å². The SMILES string of the molecule is CCCCCCCCCCCCCCCCOP1(=O)OCCC(C(=O)OC)=C(C)O1. The van der Waals surface area contributed by atoms with E-state index in [1.54, 1.807) is 6.92 Å². The topological polar surface area (TPSA) is 71.1 Å². The summed E-state index contributed by atoms with van der Waals surface area (Å²) >= 11 is 0. The Morgan fingerprint density at radius 3 is 1.90 bits per heavy atom. The van der Waals surface area contributed by atoms with Crippen LogP contribution in [0.15, 0.2) is 11.3 Å². The number of phosphoric ester groups is 1. The summed E-state index contributed by atoms with van der Waals surface area (Å²) < 4.78 is 33.3. The van der Waals surface area contributed by atoms with Crippen molar-refractivity contribution < 1.29 is 27.7 Å². The quantitative estimate of drug-likeness (QED) is 0.131. The molecule has 0 N–H and O–H groups in total. The number of carbonyl (C=O) groups excluding carboxylic acids is 1. The number of methoxy groups -OCH3 is 1. The zero-order chi connectivity index (χ0) is 22.1. The van der Waals surface area contributed by atoms with Gasteiger partial charge < -0.3 is 9.26 Å². The molecule has 1 atom stereocenters. The van der Waals surface area contributed by atoms with Gasteiger partial charge in [-0.1, -0.05) is 90.4 Å². The second-order valence-electron chi connectivity index (χ2n) is 8.08. The van der Waals surface area contributed by atoms with E-state index >= 15 is 0 Å². The molecule has 1 rings (SSSR count). The molecule has 7 heteroatoms. The maximum absolute atomic E-state index is 12.6. The maximum Gasteiger partial charge on any atom is 0.529 e. The summed E-state index contributed by atoms with van der Waals surface area (Å²) in [5.74, 6) is -0.236. The highest BCUT2D eigenvalue weighted by molar-refractivity contribution is 7.48. The van der Waals surface area contributed by atoms with Gasteiger partial charge in [0, 0.05) is 6.42 Å². The molecule has 0 aromatic rings. The van der Waals surface area contributed by atoms with Crippen LogP contribution in [-0.2, 0) is 27.7 Å². The predicted molar refractivity (Wildman–Crippen MR) is 120 cm³/mol. The van der Waals surface area contributed by atoms with Gasteiger partial charge >= 0.3 is 13.8 Å². The summed E-state index contributed by atoms with van der Waals surface area (Å²) in [4.78, 5) is 11.7. The van der Waals surface area contributed by atoms with E-state index in [1.807, 2.05) is 0 Å². The van der Waals surface area contributed by atoms with Crippen molar-refractivity contribution in [1.29, 1.82) is 0 Å². The smallest absolute Gasteiger partial charge is 0.466 e. The van der Waals surface area contributed by atoms with Crippen LogP contribution in [0.2, 0.25) is 0 Å². The Kier molecular flexibility index (Phi) is 15.2. The molecule has 1 aliphatic heterocycles. The fourth-order valence-electron chi connectivity index (χ4n) is 3.59. The molecule has 0 saturated carbocycles. The number of esters is 1. The van der Waals surface area contributed by atoms with Crippen molar-refractivity contribution in [3.8, 4) is 0 Å². The summed E-state index contributed by atoms with van der Waals surface area (Å²) in [5.41, 5.74) is 0.343. The Labute approximate surface area is 183 Å². The lowest BCUT2D eigenvalue weighted by Gasteiger charge is -2.16. The second kappa shape index (κ2) is 16.8. The Morgan fingerprint density at radius 2 is 1.40 bits per heavy atom. The first-order valence-electron chi connectivity index (χ1n) is 11.9. The molecule has 0 bridgehead atoms. The van der Waals surface area contributed by atoms with Crippen LogP contribution in [0.4, 0.5) is 0 Å². The number of unbranched alkanes of at least 4 members (excludes halogenated alkanes) is 13. The molecule has 30 heavy (non-hydrogen) atoms. The minimum atomic E-state index is -3.65. The van der Waals surface area contributed by atoms with Gasteiger partial charge in [-0.05, 0) is 13.3 Å². The number of hydrogen-bond donors (Lipinski definition) is 0. The molecular weight excluding hydrogens is 403 g/mol. The molecule has 0 aliphatic carbocycles. The van der Waals surface area contributed by atoms with Gasteiger partial charge in [-0.25, -0.2) is 9.36 Å². The molecule has 0 spiro atoms. The monoisotopic (exact) mass is 446 g/mol. The highest BCUT2D eigenvalue weighted by Crippen LogP contribution is 2.53. The molecule has 1 unspecified atom stereocenters. The van der Waals surface area contributed by atoms with Crippen molar-refractivity contribution >= 4 is 13.8 Å². The first-order chi connectivity index (χ1) is 14.5. The summed E-state index contributed by atoms with van der Waals surface area (Å²) in [5, 5.41) is 0. The van der Waals surface area contributed by atoms with Crippen molar-refractivity contribution in [2.24, 2.45) is 0 Å². The molecule has 0 aromatic carbocycles. The number of ether oxygens (including phenoxy) is 1. The third-order valence-electron chi connectivity index (χ3n) is 5.45. The minimum Gasteiger partial charge on any atom is -0.466 e. The molecule has 6 nitrogen and oxygen atoms in total. The van der Waals surface area contributed by atoms with E-state index in [1.165, 1.54) is 77.7 Å². The third kappa shape index (κ3) is 12.1. The third-order valence-corrected chi connectivity index (χ3v) is 6.95. The number of rotatable bonds is 17. The Bertz CT molecular complexity index is 546. The predicted octanol–water partition coefficient (Wildman–Crippen LogP) is 7.48. The number of hydrogen-bond acceptors (Lipinski definition) is 6. The van der Waals surface area contributed by atoms with Crippen molar-refractivity contribution in [3.05, 3.63) is 11.3 Å². The molecule has 0 amide bonds. The molecule has 0 radical (unpaired) electrons. The van der Waals surface area contributed by atoms with Gasteiger partial charge in [0.05, 0.1) is 25.9 Å². The van der Waals surface area contributed by atoms with Crippen molar-refractivity contribution in [3.63, 3.8) is 0 Å². The lowest BCUT2D eigenvalue weighted by molar-refractivity contribution is -0.136. The average molecular weight is 447 g/mol. The van der Waals surface area contributed by atoms with E-state index in [0.717, 1.165) is 19.3 Å². The summed E-state index contributed by atoms with van der Waals surface area (Å²) in [6, 6.07) is 0. The molecule has 176 valence electrons. The normalized spacial score (nSPS) is 19.4. The molecule has 1 aliphatic rings. The van der Waals surface area contributed by atoms with Crippen LogP contribution in [0, 0.1) is 0 Å². The zero-order valence-corrected chi connectivity index (χ0v) is 20.3.